The van der Waals surface area contributed by atoms with Crippen LogP contribution in [-0.4, -0.2) is 64.8 Å². The van der Waals surface area contributed by atoms with Crippen LogP contribution in [0.4, 0.5) is 4.79 Å². The van der Waals surface area contributed by atoms with E-state index in [-0.39, 0.29) is 23.5 Å². The van der Waals surface area contributed by atoms with E-state index >= 15 is 0 Å². The second-order valence-electron chi connectivity index (χ2n) is 9.20. The predicted molar refractivity (Wildman–Crippen MR) is 94.4 cm³/mol. The summed E-state index contributed by atoms with van der Waals surface area (Å²) < 4.78 is 5.50. The number of amides is 1. The van der Waals surface area contributed by atoms with Crippen molar-refractivity contribution in [2.24, 2.45) is 11.3 Å². The van der Waals surface area contributed by atoms with Crippen LogP contribution in [0, 0.1) is 11.3 Å². The van der Waals surface area contributed by atoms with Gasteiger partial charge in [-0.1, -0.05) is 12.8 Å². The molecule has 6 heteroatoms. The van der Waals surface area contributed by atoms with E-state index in [0.717, 1.165) is 51.6 Å². The SMILES string of the molecule is CC(C)(C)OC(=O)N1CC[C@@]2(CCN(C(C(=O)O)C3CCCC3)C2)C1. The summed E-state index contributed by atoms with van der Waals surface area (Å²) in [6.45, 7) is 8.67. The van der Waals surface area contributed by atoms with E-state index in [9.17, 15) is 14.7 Å². The molecule has 6 nitrogen and oxygen atoms in total. The molecule has 1 N–H and O–H groups in total. The van der Waals surface area contributed by atoms with Gasteiger partial charge in [0.2, 0.25) is 0 Å². The lowest BCUT2D eigenvalue weighted by Crippen LogP contribution is -2.45. The minimum atomic E-state index is -0.675. The highest BCUT2D eigenvalue weighted by molar-refractivity contribution is 5.74. The second-order valence-corrected chi connectivity index (χ2v) is 9.20. The van der Waals surface area contributed by atoms with Gasteiger partial charge in [-0.05, 0) is 58.9 Å². The van der Waals surface area contributed by atoms with Crippen LogP contribution in [0.25, 0.3) is 0 Å². The van der Waals surface area contributed by atoms with Gasteiger partial charge in [-0.15, -0.1) is 0 Å². The Bertz CT molecular complexity index is 524. The summed E-state index contributed by atoms with van der Waals surface area (Å²) in [6.07, 6.45) is 6.05. The number of likely N-dealkylation sites (tertiary alicyclic amines) is 2. The Morgan fingerprint density at radius 3 is 2.36 bits per heavy atom. The molecule has 1 spiro atoms. The highest BCUT2D eigenvalue weighted by atomic mass is 16.6. The Morgan fingerprint density at radius 2 is 1.76 bits per heavy atom. The lowest BCUT2D eigenvalue weighted by Gasteiger charge is -2.31. The molecular formula is C19H32N2O4. The van der Waals surface area contributed by atoms with Crippen molar-refractivity contribution in [2.45, 2.75) is 70.9 Å². The zero-order valence-corrected chi connectivity index (χ0v) is 15.8. The topological polar surface area (TPSA) is 70.1 Å². The average Bonchev–Trinajstić information content (AvgIpc) is 3.20. The van der Waals surface area contributed by atoms with Crippen LogP contribution in [0.2, 0.25) is 0 Å². The van der Waals surface area contributed by atoms with Crippen molar-refractivity contribution in [3.05, 3.63) is 0 Å². The Labute approximate surface area is 150 Å². The van der Waals surface area contributed by atoms with E-state index in [1.165, 1.54) is 0 Å². The fraction of sp³-hybridized carbons (Fsp3) is 0.895. The molecule has 2 heterocycles. The van der Waals surface area contributed by atoms with Crippen molar-refractivity contribution in [1.82, 2.24) is 9.80 Å². The van der Waals surface area contributed by atoms with Crippen molar-refractivity contribution < 1.29 is 19.4 Å². The summed E-state index contributed by atoms with van der Waals surface area (Å²) in [7, 11) is 0. The molecule has 2 atom stereocenters. The Hall–Kier alpha value is -1.30. The maximum absolute atomic E-state index is 12.3. The third-order valence-electron chi connectivity index (χ3n) is 6.05. The van der Waals surface area contributed by atoms with Crippen molar-refractivity contribution in [3.63, 3.8) is 0 Å². The number of aliphatic carboxylic acids is 1. The molecule has 1 aliphatic carbocycles. The van der Waals surface area contributed by atoms with Crippen LogP contribution < -0.4 is 0 Å². The Kier molecular flexibility index (Phi) is 5.02. The molecule has 1 saturated carbocycles. The van der Waals surface area contributed by atoms with Gasteiger partial charge in [0.15, 0.2) is 0 Å². The quantitative estimate of drug-likeness (QED) is 0.845. The number of rotatable bonds is 3. The number of hydrogen-bond acceptors (Lipinski definition) is 4. The van der Waals surface area contributed by atoms with Crippen molar-refractivity contribution in [1.29, 1.82) is 0 Å². The highest BCUT2D eigenvalue weighted by Crippen LogP contribution is 2.42. The van der Waals surface area contributed by atoms with Gasteiger partial charge in [0.05, 0.1) is 0 Å². The van der Waals surface area contributed by atoms with Gasteiger partial charge in [0, 0.05) is 25.0 Å². The molecular weight excluding hydrogens is 320 g/mol. The molecule has 3 rings (SSSR count). The minimum absolute atomic E-state index is 0.0448. The van der Waals surface area contributed by atoms with Crippen LogP contribution in [-0.2, 0) is 9.53 Å². The first-order chi connectivity index (χ1) is 11.7. The monoisotopic (exact) mass is 352 g/mol. The maximum atomic E-state index is 12.3. The summed E-state index contributed by atoms with van der Waals surface area (Å²) in [5.41, 5.74) is -0.436. The average molecular weight is 352 g/mol. The zero-order chi connectivity index (χ0) is 18.2. The summed E-state index contributed by atoms with van der Waals surface area (Å²) in [5.74, 6) is -0.387. The van der Waals surface area contributed by atoms with Crippen LogP contribution in [0.3, 0.4) is 0 Å². The normalized spacial score (nSPS) is 29.5. The smallest absolute Gasteiger partial charge is 0.410 e. The minimum Gasteiger partial charge on any atom is -0.480 e. The van der Waals surface area contributed by atoms with Crippen LogP contribution in [0.15, 0.2) is 0 Å². The third kappa shape index (κ3) is 4.10. The van der Waals surface area contributed by atoms with Gasteiger partial charge in [-0.25, -0.2) is 4.79 Å². The van der Waals surface area contributed by atoms with E-state index in [0.29, 0.717) is 13.1 Å². The number of nitrogens with zero attached hydrogens (tertiary/aromatic N) is 2. The molecule has 3 aliphatic rings. The first-order valence-corrected chi connectivity index (χ1v) is 9.64. The zero-order valence-electron chi connectivity index (χ0n) is 15.8. The Morgan fingerprint density at radius 1 is 1.12 bits per heavy atom. The van der Waals surface area contributed by atoms with Crippen molar-refractivity contribution in [2.75, 3.05) is 26.2 Å². The molecule has 2 aliphatic heterocycles. The summed E-state index contributed by atoms with van der Waals surface area (Å²) in [6, 6.07) is -0.350. The highest BCUT2D eigenvalue weighted by Gasteiger charge is 2.49. The van der Waals surface area contributed by atoms with E-state index < -0.39 is 11.6 Å². The molecule has 0 radical (unpaired) electrons. The van der Waals surface area contributed by atoms with E-state index in [1.807, 2.05) is 20.8 Å². The number of carbonyl (C=O) groups is 2. The van der Waals surface area contributed by atoms with Gasteiger partial charge in [0.1, 0.15) is 11.6 Å². The number of hydrogen-bond donors (Lipinski definition) is 1. The lowest BCUT2D eigenvalue weighted by molar-refractivity contribution is -0.145. The number of ether oxygens (including phenoxy) is 1. The molecule has 2 saturated heterocycles. The second kappa shape index (κ2) is 6.78. The van der Waals surface area contributed by atoms with Crippen LogP contribution >= 0.6 is 0 Å². The number of carboxylic acid groups (broad SMARTS) is 1. The summed E-state index contributed by atoms with van der Waals surface area (Å²) in [5, 5.41) is 9.77. The fourth-order valence-electron chi connectivity index (χ4n) is 4.89. The molecule has 0 aromatic rings. The molecule has 0 aromatic heterocycles. The molecule has 25 heavy (non-hydrogen) atoms. The number of carboxylic acids is 1. The molecule has 3 fully saturated rings. The van der Waals surface area contributed by atoms with Gasteiger partial charge < -0.3 is 14.7 Å². The van der Waals surface area contributed by atoms with Crippen molar-refractivity contribution >= 4 is 12.1 Å². The first-order valence-electron chi connectivity index (χ1n) is 9.64. The molecule has 0 aromatic carbocycles. The predicted octanol–water partition coefficient (Wildman–Crippen LogP) is 2.96. The Balaban J connectivity index is 1.62. The maximum Gasteiger partial charge on any atom is 0.410 e. The van der Waals surface area contributed by atoms with Gasteiger partial charge in [0.25, 0.3) is 0 Å². The van der Waals surface area contributed by atoms with Crippen LogP contribution in [0.5, 0.6) is 0 Å². The van der Waals surface area contributed by atoms with Crippen LogP contribution in [0.1, 0.15) is 59.3 Å². The van der Waals surface area contributed by atoms with Gasteiger partial charge in [-0.2, -0.15) is 0 Å². The van der Waals surface area contributed by atoms with E-state index in [1.54, 1.807) is 4.90 Å². The summed E-state index contributed by atoms with van der Waals surface area (Å²) >= 11 is 0. The molecule has 1 unspecified atom stereocenters. The number of carbonyl (C=O) groups excluding carboxylic acids is 1. The fourth-order valence-corrected chi connectivity index (χ4v) is 4.89. The van der Waals surface area contributed by atoms with Gasteiger partial charge in [-0.3, -0.25) is 9.69 Å². The third-order valence-corrected chi connectivity index (χ3v) is 6.05. The van der Waals surface area contributed by atoms with Gasteiger partial charge >= 0.3 is 12.1 Å². The van der Waals surface area contributed by atoms with E-state index in [4.69, 9.17) is 4.74 Å². The first kappa shape index (κ1) is 18.5. The molecule has 1 amide bonds. The standard InChI is InChI=1S/C19H32N2O4/c1-18(2,3)25-17(24)21-11-9-19(13-21)8-10-20(12-19)15(16(22)23)14-6-4-5-7-14/h14-15H,4-13H2,1-3H3,(H,22,23)/t15?,19-/m1/s1. The van der Waals surface area contributed by atoms with E-state index in [2.05, 4.69) is 4.90 Å². The lowest BCUT2D eigenvalue weighted by atomic mass is 9.86. The molecule has 142 valence electrons. The summed E-state index contributed by atoms with van der Waals surface area (Å²) in [4.78, 5) is 28.2. The van der Waals surface area contributed by atoms with Crippen molar-refractivity contribution in [3.8, 4) is 0 Å². The molecule has 0 bridgehead atoms. The largest absolute Gasteiger partial charge is 0.480 e.